The highest BCUT2D eigenvalue weighted by Crippen LogP contribution is 2.35. The number of rotatable bonds is 10. The Labute approximate surface area is 186 Å². The fourth-order valence-electron chi connectivity index (χ4n) is 3.51. The third-order valence-electron chi connectivity index (χ3n) is 4.96. The second-order valence-corrected chi connectivity index (χ2v) is 9.59. The predicted molar refractivity (Wildman–Crippen MR) is 120 cm³/mol. The van der Waals surface area contributed by atoms with Gasteiger partial charge in [-0.25, -0.2) is 8.42 Å². The van der Waals surface area contributed by atoms with Gasteiger partial charge in [-0.2, -0.15) is 4.31 Å². The van der Waals surface area contributed by atoms with Gasteiger partial charge in [0.05, 0.1) is 22.8 Å². The highest BCUT2D eigenvalue weighted by atomic mass is 79.9. The van der Waals surface area contributed by atoms with Crippen molar-refractivity contribution in [1.29, 1.82) is 0 Å². The second-order valence-electron chi connectivity index (χ2n) is 6.89. The number of hydrogen-bond acceptors (Lipinski definition) is 7. The summed E-state index contributed by atoms with van der Waals surface area (Å²) < 4.78 is 28.4. The summed E-state index contributed by atoms with van der Waals surface area (Å²) in [6.07, 6.45) is 6.40. The van der Waals surface area contributed by atoms with Gasteiger partial charge in [0.1, 0.15) is 4.90 Å². The molecule has 0 amide bonds. The number of hydrogen-bond donors (Lipinski definition) is 1. The number of anilines is 1. The van der Waals surface area contributed by atoms with Crippen molar-refractivity contribution in [2.24, 2.45) is 0 Å². The average molecular weight is 503 g/mol. The van der Waals surface area contributed by atoms with Gasteiger partial charge < -0.3 is 10.0 Å². The lowest BCUT2D eigenvalue weighted by molar-refractivity contribution is -0.385. The van der Waals surface area contributed by atoms with Crippen molar-refractivity contribution < 1.29 is 18.4 Å². The minimum atomic E-state index is -4.01. The summed E-state index contributed by atoms with van der Waals surface area (Å²) in [7, 11) is -4.01. The quantitative estimate of drug-likeness (QED) is 0.223. The topological polar surface area (TPSA) is 107 Å². The summed E-state index contributed by atoms with van der Waals surface area (Å²) in [5, 5.41) is 21.1. The van der Waals surface area contributed by atoms with Crippen LogP contribution in [0.1, 0.15) is 18.9 Å². The van der Waals surface area contributed by atoms with Gasteiger partial charge in [-0.3, -0.25) is 15.0 Å². The van der Waals surface area contributed by atoms with Crippen molar-refractivity contribution >= 4 is 37.3 Å². The number of non-ortho nitro benzene ring substituents is 1. The molecule has 0 unspecified atom stereocenters. The first-order valence-electron chi connectivity index (χ1n) is 9.73. The van der Waals surface area contributed by atoms with E-state index in [1.54, 1.807) is 0 Å². The zero-order valence-electron chi connectivity index (χ0n) is 17.0. The van der Waals surface area contributed by atoms with Crippen LogP contribution in [0.15, 0.2) is 17.0 Å². The molecule has 0 spiro atoms. The number of aliphatic hydroxyl groups excluding tert-OH is 1. The zero-order valence-corrected chi connectivity index (χ0v) is 19.4. The predicted octanol–water partition coefficient (Wildman–Crippen LogP) is 1.49. The smallest absolute Gasteiger partial charge is 0.272 e. The molecule has 0 aromatic heterocycles. The van der Waals surface area contributed by atoms with Crippen LogP contribution in [0, 0.1) is 22.5 Å². The maximum absolute atomic E-state index is 13.6. The van der Waals surface area contributed by atoms with Crippen LogP contribution in [0.4, 0.5) is 11.4 Å². The highest BCUT2D eigenvalue weighted by molar-refractivity contribution is 9.09. The first kappa shape index (κ1) is 24.6. The monoisotopic (exact) mass is 502 g/mol. The van der Waals surface area contributed by atoms with E-state index in [2.05, 4.69) is 21.9 Å². The number of sulfonamides is 1. The molecule has 1 aromatic carbocycles. The van der Waals surface area contributed by atoms with Crippen LogP contribution in [0.25, 0.3) is 0 Å². The van der Waals surface area contributed by atoms with Gasteiger partial charge in [0, 0.05) is 63.3 Å². The van der Waals surface area contributed by atoms with E-state index in [4.69, 9.17) is 11.5 Å². The van der Waals surface area contributed by atoms with Crippen molar-refractivity contribution in [1.82, 2.24) is 9.21 Å². The van der Waals surface area contributed by atoms with Crippen LogP contribution >= 0.6 is 15.9 Å². The number of nitro benzene ring substituents is 1. The molecule has 1 aromatic rings. The van der Waals surface area contributed by atoms with E-state index in [9.17, 15) is 18.5 Å². The number of β-amino-alcohol motifs (C(OH)–C–C–N with tert-alkyl or cyclic N) is 1. The van der Waals surface area contributed by atoms with Crippen molar-refractivity contribution in [3.63, 3.8) is 0 Å². The lowest BCUT2D eigenvalue weighted by Gasteiger charge is -2.35. The molecule has 30 heavy (non-hydrogen) atoms. The Morgan fingerprint density at radius 3 is 2.47 bits per heavy atom. The van der Waals surface area contributed by atoms with E-state index in [-0.39, 0.29) is 35.8 Å². The molecule has 9 nitrogen and oxygen atoms in total. The Hall–Kier alpha value is -1.71. The lowest BCUT2D eigenvalue weighted by Crippen LogP contribution is -2.49. The Morgan fingerprint density at radius 2 is 1.97 bits per heavy atom. The Bertz CT molecular complexity index is 889. The van der Waals surface area contributed by atoms with E-state index in [0.717, 1.165) is 12.5 Å². The van der Waals surface area contributed by atoms with Gasteiger partial charge in [-0.1, -0.05) is 28.8 Å². The fraction of sp³-hybridized carbons (Fsp3) is 0.579. The number of aliphatic hydroxyl groups is 1. The Balaban J connectivity index is 2.59. The van der Waals surface area contributed by atoms with E-state index < -0.39 is 14.9 Å². The summed E-state index contributed by atoms with van der Waals surface area (Å²) in [5.41, 5.74) is 0.178. The molecule has 0 saturated carbocycles. The molecule has 11 heteroatoms. The van der Waals surface area contributed by atoms with Crippen LogP contribution in [-0.4, -0.2) is 85.4 Å². The molecule has 1 aliphatic heterocycles. The van der Waals surface area contributed by atoms with Crippen molar-refractivity contribution in [2.75, 3.05) is 62.7 Å². The Kier molecular flexibility index (Phi) is 9.06. The number of benzene rings is 1. The SMILES string of the molecule is C#Cc1cc([N+](=O)[O-])cc(S(=O)(=O)N2CCN(CCO)CC2)c1N(CCC)CCBr. The fourth-order valence-corrected chi connectivity index (χ4v) is 5.62. The zero-order chi connectivity index (χ0) is 22.3. The molecule has 0 radical (unpaired) electrons. The van der Waals surface area contributed by atoms with Crippen molar-refractivity contribution in [3.8, 4) is 12.3 Å². The van der Waals surface area contributed by atoms with Crippen molar-refractivity contribution in [3.05, 3.63) is 27.8 Å². The molecular weight excluding hydrogens is 476 g/mol. The molecule has 0 bridgehead atoms. The maximum Gasteiger partial charge on any atom is 0.272 e. The summed E-state index contributed by atoms with van der Waals surface area (Å²) in [6.45, 7) is 4.95. The number of halogens is 1. The number of piperazine rings is 1. The van der Waals surface area contributed by atoms with Gasteiger partial charge in [0.25, 0.3) is 5.69 Å². The van der Waals surface area contributed by atoms with E-state index in [0.29, 0.717) is 43.7 Å². The number of nitrogens with zero attached hydrogens (tertiary/aromatic N) is 4. The molecule has 166 valence electrons. The standard InChI is InChI=1S/C19H27BrN4O5S/c1-3-6-22(7-5-20)19-16(4-2)14-17(24(26)27)15-18(19)30(28,29)23-10-8-21(9-11-23)12-13-25/h2,14-15,25H,3,5-13H2,1H3. The molecule has 1 aliphatic rings. The molecule has 2 rings (SSSR count). The first-order valence-corrected chi connectivity index (χ1v) is 12.3. The maximum atomic E-state index is 13.6. The normalized spacial score (nSPS) is 15.7. The van der Waals surface area contributed by atoms with Gasteiger partial charge in [-0.15, -0.1) is 6.42 Å². The second kappa shape index (κ2) is 11.1. The number of nitro groups is 1. The largest absolute Gasteiger partial charge is 0.395 e. The van der Waals surface area contributed by atoms with Crippen LogP contribution in [0.5, 0.6) is 0 Å². The molecule has 0 atom stereocenters. The molecular formula is C19H27BrN4O5S. The summed E-state index contributed by atoms with van der Waals surface area (Å²) in [6, 6.07) is 2.37. The summed E-state index contributed by atoms with van der Waals surface area (Å²) >= 11 is 3.39. The van der Waals surface area contributed by atoms with E-state index in [1.165, 1.54) is 10.4 Å². The van der Waals surface area contributed by atoms with Crippen LogP contribution < -0.4 is 4.90 Å². The van der Waals surface area contributed by atoms with Crippen LogP contribution in [0.2, 0.25) is 0 Å². The number of alkyl halides is 1. The molecule has 0 aliphatic carbocycles. The molecule has 1 heterocycles. The molecule has 1 N–H and O–H groups in total. The first-order chi connectivity index (χ1) is 14.3. The molecule has 1 saturated heterocycles. The van der Waals surface area contributed by atoms with Gasteiger partial charge in [-0.05, 0) is 6.42 Å². The summed E-state index contributed by atoms with van der Waals surface area (Å²) in [5.74, 6) is 2.45. The van der Waals surface area contributed by atoms with Gasteiger partial charge >= 0.3 is 0 Å². The van der Waals surface area contributed by atoms with Crippen LogP contribution in [-0.2, 0) is 10.0 Å². The molecule has 1 fully saturated rings. The minimum Gasteiger partial charge on any atom is -0.395 e. The third kappa shape index (κ3) is 5.50. The third-order valence-corrected chi connectivity index (χ3v) is 7.22. The van der Waals surface area contributed by atoms with E-state index >= 15 is 0 Å². The Morgan fingerprint density at radius 1 is 1.30 bits per heavy atom. The lowest BCUT2D eigenvalue weighted by atomic mass is 10.1. The van der Waals surface area contributed by atoms with Gasteiger partial charge in [0.15, 0.2) is 0 Å². The van der Waals surface area contributed by atoms with Crippen molar-refractivity contribution in [2.45, 2.75) is 18.2 Å². The number of terminal acetylenes is 1. The average Bonchev–Trinajstić information content (AvgIpc) is 2.73. The summed E-state index contributed by atoms with van der Waals surface area (Å²) in [4.78, 5) is 14.5. The van der Waals surface area contributed by atoms with Gasteiger partial charge in [0.2, 0.25) is 10.0 Å². The highest BCUT2D eigenvalue weighted by Gasteiger charge is 2.34. The van der Waals surface area contributed by atoms with Crippen LogP contribution in [0.3, 0.4) is 0 Å². The van der Waals surface area contributed by atoms with E-state index in [1.807, 2.05) is 16.7 Å². The minimum absolute atomic E-state index is 0.00578.